The highest BCUT2D eigenvalue weighted by molar-refractivity contribution is 5.98. The lowest BCUT2D eigenvalue weighted by molar-refractivity contribution is 0.859. The van der Waals surface area contributed by atoms with E-state index in [1.165, 1.54) is 27.1 Å². The molecule has 0 amide bonds. The maximum Gasteiger partial charge on any atom is 0.00892 e. The first-order valence-electron chi connectivity index (χ1n) is 6.72. The second kappa shape index (κ2) is 5.16. The molecule has 0 aliphatic carbocycles. The van der Waals surface area contributed by atoms with Crippen LogP contribution in [0.1, 0.15) is 18.4 Å². The molecule has 0 fully saturated rings. The summed E-state index contributed by atoms with van der Waals surface area (Å²) < 4.78 is 0. The van der Waals surface area contributed by atoms with Crippen LogP contribution in [0.15, 0.2) is 54.6 Å². The first-order valence-corrected chi connectivity index (χ1v) is 6.72. The second-order valence-corrected chi connectivity index (χ2v) is 4.94. The Kier molecular flexibility index (Phi) is 3.21. The summed E-state index contributed by atoms with van der Waals surface area (Å²) in [6.45, 7) is 0. The Morgan fingerprint density at radius 2 is 1.47 bits per heavy atom. The zero-order valence-corrected chi connectivity index (χ0v) is 10.9. The third-order valence-corrected chi connectivity index (χ3v) is 3.56. The summed E-state index contributed by atoms with van der Waals surface area (Å²) in [7, 11) is 0. The van der Waals surface area contributed by atoms with Crippen molar-refractivity contribution < 1.29 is 0 Å². The van der Waals surface area contributed by atoms with Crippen LogP contribution in [0.2, 0.25) is 0 Å². The summed E-state index contributed by atoms with van der Waals surface area (Å²) in [4.78, 5) is 0. The van der Waals surface area contributed by atoms with E-state index in [-0.39, 0.29) is 0 Å². The van der Waals surface area contributed by atoms with Crippen molar-refractivity contribution in [1.82, 2.24) is 0 Å². The fraction of sp³-hybridized carbons (Fsp3) is 0.158. The van der Waals surface area contributed by atoms with E-state index in [1.54, 1.807) is 0 Å². The van der Waals surface area contributed by atoms with Gasteiger partial charge < -0.3 is 0 Å². The molecule has 3 aromatic rings. The number of aryl methyl sites for hydroxylation is 1. The maximum absolute atomic E-state index is 5.30. The van der Waals surface area contributed by atoms with Gasteiger partial charge in [-0.05, 0) is 52.1 Å². The third-order valence-electron chi connectivity index (χ3n) is 3.56. The highest BCUT2D eigenvalue weighted by Gasteiger charge is 1.99. The summed E-state index contributed by atoms with van der Waals surface area (Å²) in [6, 6.07) is 19.8. The molecule has 0 bridgehead atoms. The highest BCUT2D eigenvalue weighted by Crippen LogP contribution is 2.24. The van der Waals surface area contributed by atoms with Crippen LogP contribution >= 0.6 is 0 Å². The minimum absolute atomic E-state index is 0.857. The first-order chi connectivity index (χ1) is 9.36. The molecule has 0 aliphatic heterocycles. The van der Waals surface area contributed by atoms with Crippen LogP contribution in [-0.2, 0) is 6.42 Å². The third kappa shape index (κ3) is 2.46. The number of hydrogen-bond donors (Lipinski definition) is 0. The monoisotopic (exact) mass is 244 g/mol. The zero-order valence-electron chi connectivity index (χ0n) is 10.9. The minimum atomic E-state index is 0.857. The quantitative estimate of drug-likeness (QED) is 0.347. The Morgan fingerprint density at radius 3 is 2.21 bits per heavy atom. The summed E-state index contributed by atoms with van der Waals surface area (Å²) in [5.41, 5.74) is 1.37. The molecule has 0 atom stereocenters. The largest absolute Gasteiger partial charge is 0.120 e. The van der Waals surface area contributed by atoms with Crippen molar-refractivity contribution in [1.29, 1.82) is 0 Å². The average molecular weight is 244 g/mol. The van der Waals surface area contributed by atoms with Crippen LogP contribution in [0, 0.1) is 12.3 Å². The van der Waals surface area contributed by atoms with E-state index < -0.39 is 0 Å². The zero-order chi connectivity index (χ0) is 13.1. The molecule has 0 aromatic heterocycles. The van der Waals surface area contributed by atoms with Crippen molar-refractivity contribution >= 4 is 21.5 Å². The number of unbranched alkanes of at least 4 members (excludes halogenated alkanes) is 1. The lowest BCUT2D eigenvalue weighted by Gasteiger charge is -2.05. The molecule has 3 rings (SSSR count). The van der Waals surface area contributed by atoms with Crippen LogP contribution < -0.4 is 0 Å². The Labute approximate surface area is 114 Å². The molecule has 0 saturated carbocycles. The number of rotatable bonds is 3. The van der Waals surface area contributed by atoms with E-state index in [9.17, 15) is 0 Å². The van der Waals surface area contributed by atoms with Gasteiger partial charge in [-0.1, -0.05) is 42.5 Å². The van der Waals surface area contributed by atoms with Gasteiger partial charge in [0.2, 0.25) is 0 Å². The van der Waals surface area contributed by atoms with Gasteiger partial charge in [0, 0.05) is 6.42 Å². The first kappa shape index (κ1) is 11.8. The Hall–Kier alpha value is -2.26. The highest BCUT2D eigenvalue weighted by atomic mass is 14.0. The van der Waals surface area contributed by atoms with Crippen molar-refractivity contribution in [2.75, 3.05) is 0 Å². The summed E-state index contributed by atoms with van der Waals surface area (Å²) in [5, 5.41) is 5.22. The van der Waals surface area contributed by atoms with Gasteiger partial charge in [0.25, 0.3) is 0 Å². The van der Waals surface area contributed by atoms with Crippen molar-refractivity contribution in [3.05, 3.63) is 60.2 Å². The van der Waals surface area contributed by atoms with E-state index in [4.69, 9.17) is 6.42 Å². The van der Waals surface area contributed by atoms with Crippen LogP contribution in [0.3, 0.4) is 0 Å². The summed E-state index contributed by atoms with van der Waals surface area (Å²) in [6.07, 6.45) is 8.28. The molecule has 0 unspecified atom stereocenters. The normalized spacial score (nSPS) is 10.7. The molecule has 19 heavy (non-hydrogen) atoms. The van der Waals surface area contributed by atoms with Crippen LogP contribution in [0.5, 0.6) is 0 Å². The smallest absolute Gasteiger partial charge is 0.00892 e. The van der Waals surface area contributed by atoms with E-state index >= 15 is 0 Å². The van der Waals surface area contributed by atoms with Gasteiger partial charge >= 0.3 is 0 Å². The van der Waals surface area contributed by atoms with Crippen molar-refractivity contribution in [3.8, 4) is 12.3 Å². The van der Waals surface area contributed by atoms with Crippen LogP contribution in [0.4, 0.5) is 0 Å². The van der Waals surface area contributed by atoms with Crippen LogP contribution in [0.25, 0.3) is 21.5 Å². The lowest BCUT2D eigenvalue weighted by atomic mass is 10.00. The Bertz CT molecular complexity index is 760. The van der Waals surface area contributed by atoms with Gasteiger partial charge in [0.05, 0.1) is 0 Å². The molecule has 3 aromatic carbocycles. The molecule has 0 heterocycles. The van der Waals surface area contributed by atoms with Crippen molar-refractivity contribution in [2.24, 2.45) is 0 Å². The van der Waals surface area contributed by atoms with Crippen molar-refractivity contribution in [2.45, 2.75) is 19.3 Å². The summed E-state index contributed by atoms with van der Waals surface area (Å²) in [5.74, 6) is 2.70. The van der Waals surface area contributed by atoms with E-state index in [0.717, 1.165) is 19.3 Å². The van der Waals surface area contributed by atoms with E-state index in [2.05, 4.69) is 60.5 Å². The second-order valence-electron chi connectivity index (χ2n) is 4.94. The fourth-order valence-corrected chi connectivity index (χ4v) is 2.54. The van der Waals surface area contributed by atoms with Gasteiger partial charge in [-0.15, -0.1) is 12.3 Å². The summed E-state index contributed by atoms with van der Waals surface area (Å²) >= 11 is 0. The van der Waals surface area contributed by atoms with Gasteiger partial charge in [-0.2, -0.15) is 0 Å². The molecule has 0 nitrogen and oxygen atoms in total. The number of terminal acetylenes is 1. The van der Waals surface area contributed by atoms with Gasteiger partial charge in [0.15, 0.2) is 0 Å². The molecule has 0 N–H and O–H groups in total. The lowest BCUT2D eigenvalue weighted by Crippen LogP contribution is -1.85. The molecular weight excluding hydrogens is 228 g/mol. The fourth-order valence-electron chi connectivity index (χ4n) is 2.54. The van der Waals surface area contributed by atoms with Crippen LogP contribution in [-0.4, -0.2) is 0 Å². The SMILES string of the molecule is C#CCCCc1ccc2cc3ccccc3cc2c1. The molecular formula is C19H16. The topological polar surface area (TPSA) is 0 Å². The Morgan fingerprint density at radius 1 is 0.789 bits per heavy atom. The predicted molar refractivity (Wildman–Crippen MR) is 83.2 cm³/mol. The van der Waals surface area contributed by atoms with Gasteiger partial charge in [0.1, 0.15) is 0 Å². The average Bonchev–Trinajstić information content (AvgIpc) is 2.45. The number of benzene rings is 3. The van der Waals surface area contributed by atoms with Gasteiger partial charge in [-0.3, -0.25) is 0 Å². The number of hydrogen-bond acceptors (Lipinski definition) is 0. The Balaban J connectivity index is 2.02. The standard InChI is InChI=1S/C19H16/c1-2-3-4-7-15-10-11-18-13-16-8-5-6-9-17(16)14-19(18)12-15/h1,5-6,8-14H,3-4,7H2. The molecule has 0 spiro atoms. The molecule has 0 aliphatic rings. The van der Waals surface area contributed by atoms with E-state index in [1.807, 2.05) is 0 Å². The number of fused-ring (bicyclic) bond motifs is 2. The molecule has 0 saturated heterocycles. The molecule has 92 valence electrons. The minimum Gasteiger partial charge on any atom is -0.120 e. The van der Waals surface area contributed by atoms with E-state index in [0.29, 0.717) is 0 Å². The molecule has 0 heteroatoms. The van der Waals surface area contributed by atoms with Crippen molar-refractivity contribution in [3.63, 3.8) is 0 Å². The maximum atomic E-state index is 5.30. The van der Waals surface area contributed by atoms with Gasteiger partial charge in [-0.25, -0.2) is 0 Å². The molecule has 0 radical (unpaired) electrons. The predicted octanol–water partition coefficient (Wildman–Crippen LogP) is 4.95.